The van der Waals surface area contributed by atoms with Crippen LogP contribution in [0.2, 0.25) is 0 Å². The number of anilines is 1. The highest BCUT2D eigenvalue weighted by molar-refractivity contribution is 5.43. The molecule has 0 aliphatic heterocycles. The van der Waals surface area contributed by atoms with E-state index in [1.165, 1.54) is 32.1 Å². The zero-order valence-electron chi connectivity index (χ0n) is 12.2. The summed E-state index contributed by atoms with van der Waals surface area (Å²) in [4.78, 5) is 6.67. The third kappa shape index (κ3) is 3.93. The third-order valence-electron chi connectivity index (χ3n) is 4.20. The normalized spacial score (nSPS) is 18.3. The third-order valence-corrected chi connectivity index (χ3v) is 4.20. The van der Waals surface area contributed by atoms with Crippen LogP contribution in [0.15, 0.2) is 18.3 Å². The van der Waals surface area contributed by atoms with Crippen LogP contribution in [-0.4, -0.2) is 23.7 Å². The van der Waals surface area contributed by atoms with Crippen molar-refractivity contribution in [2.24, 2.45) is 5.92 Å². The first-order valence-corrected chi connectivity index (χ1v) is 7.56. The summed E-state index contributed by atoms with van der Waals surface area (Å²) in [5.74, 6) is 0.833. The quantitative estimate of drug-likeness (QED) is 0.881. The van der Waals surface area contributed by atoms with Crippen molar-refractivity contribution in [1.29, 1.82) is 0 Å². The number of aliphatic hydroxyl groups excluding tert-OH is 1. The van der Waals surface area contributed by atoms with Gasteiger partial charge in [-0.15, -0.1) is 0 Å². The van der Waals surface area contributed by atoms with Crippen molar-refractivity contribution in [3.8, 4) is 0 Å². The molecule has 0 spiro atoms. The minimum absolute atomic E-state index is 0.433. The summed E-state index contributed by atoms with van der Waals surface area (Å²) in [5.41, 5.74) is 1.93. The van der Waals surface area contributed by atoms with Crippen molar-refractivity contribution in [2.75, 3.05) is 18.5 Å². The molecule has 0 saturated heterocycles. The molecule has 1 aliphatic rings. The lowest BCUT2D eigenvalue weighted by Crippen LogP contribution is -2.26. The Morgan fingerprint density at radius 1 is 1.32 bits per heavy atom. The van der Waals surface area contributed by atoms with Gasteiger partial charge in [0.15, 0.2) is 0 Å². The van der Waals surface area contributed by atoms with Gasteiger partial charge in [-0.25, -0.2) is 0 Å². The molecule has 3 heteroatoms. The van der Waals surface area contributed by atoms with Crippen LogP contribution in [0, 0.1) is 5.92 Å². The molecule has 0 amide bonds. The Balaban J connectivity index is 1.93. The fourth-order valence-corrected chi connectivity index (χ4v) is 2.89. The van der Waals surface area contributed by atoms with Crippen molar-refractivity contribution in [1.82, 2.24) is 4.98 Å². The first-order chi connectivity index (χ1) is 9.20. The van der Waals surface area contributed by atoms with Crippen molar-refractivity contribution in [3.63, 3.8) is 0 Å². The second kappa shape index (κ2) is 6.90. The molecule has 1 saturated carbocycles. The van der Waals surface area contributed by atoms with Gasteiger partial charge in [-0.2, -0.15) is 0 Å². The van der Waals surface area contributed by atoms with E-state index in [9.17, 15) is 5.11 Å². The average molecular weight is 262 g/mol. The molecule has 1 atom stereocenters. The van der Waals surface area contributed by atoms with E-state index in [1.54, 1.807) is 0 Å². The van der Waals surface area contributed by atoms with Gasteiger partial charge in [0.05, 0.1) is 23.7 Å². The fourth-order valence-electron chi connectivity index (χ4n) is 2.89. The van der Waals surface area contributed by atoms with Crippen molar-refractivity contribution >= 4 is 5.69 Å². The molecule has 1 fully saturated rings. The standard InChI is InChI=1S/C16H26N2O/c1-3-16(19)15-10-9-14(11-17-15)18(2)12-13-7-5-4-6-8-13/h9-11,13,16,19H,3-8,12H2,1-2H3/t16-/m0/s1. The number of nitrogens with zero attached hydrogens (tertiary/aromatic N) is 2. The Hall–Kier alpha value is -1.09. The minimum Gasteiger partial charge on any atom is -0.387 e. The number of aliphatic hydroxyl groups is 1. The molecule has 1 N–H and O–H groups in total. The number of rotatable bonds is 5. The molecule has 1 heterocycles. The van der Waals surface area contributed by atoms with Gasteiger partial charge in [0.25, 0.3) is 0 Å². The Kier molecular flexibility index (Phi) is 5.20. The molecule has 0 aromatic carbocycles. The summed E-state index contributed by atoms with van der Waals surface area (Å²) in [7, 11) is 2.14. The van der Waals surface area contributed by atoms with Crippen LogP contribution in [0.25, 0.3) is 0 Å². The Morgan fingerprint density at radius 2 is 2.05 bits per heavy atom. The summed E-state index contributed by atoms with van der Waals surface area (Å²) in [5, 5.41) is 9.74. The molecule has 1 aliphatic carbocycles. The summed E-state index contributed by atoms with van der Waals surface area (Å²) < 4.78 is 0. The van der Waals surface area contributed by atoms with E-state index in [-0.39, 0.29) is 0 Å². The van der Waals surface area contributed by atoms with Crippen LogP contribution in [0.4, 0.5) is 5.69 Å². The largest absolute Gasteiger partial charge is 0.387 e. The van der Waals surface area contributed by atoms with Gasteiger partial charge in [0.2, 0.25) is 0 Å². The topological polar surface area (TPSA) is 36.4 Å². The summed E-state index contributed by atoms with van der Waals surface area (Å²) >= 11 is 0. The average Bonchev–Trinajstić information content (AvgIpc) is 2.47. The van der Waals surface area contributed by atoms with E-state index >= 15 is 0 Å². The van der Waals surface area contributed by atoms with Crippen molar-refractivity contribution in [2.45, 2.75) is 51.6 Å². The van der Waals surface area contributed by atoms with E-state index in [0.29, 0.717) is 6.42 Å². The van der Waals surface area contributed by atoms with Crippen LogP contribution in [0.1, 0.15) is 57.2 Å². The van der Waals surface area contributed by atoms with Gasteiger partial charge in [-0.05, 0) is 37.3 Å². The van der Waals surface area contributed by atoms with E-state index < -0.39 is 6.10 Å². The van der Waals surface area contributed by atoms with E-state index in [0.717, 1.165) is 23.8 Å². The van der Waals surface area contributed by atoms with Crippen LogP contribution >= 0.6 is 0 Å². The van der Waals surface area contributed by atoms with E-state index in [4.69, 9.17) is 0 Å². The molecule has 1 aromatic heterocycles. The maximum Gasteiger partial charge on any atom is 0.0957 e. The SMILES string of the molecule is CC[C@H](O)c1ccc(N(C)CC2CCCCC2)cn1. The van der Waals surface area contributed by atoms with Gasteiger partial charge in [-0.3, -0.25) is 4.98 Å². The predicted molar refractivity (Wildman–Crippen MR) is 79.3 cm³/mol. The summed E-state index contributed by atoms with van der Waals surface area (Å²) in [6.07, 6.45) is 9.08. The van der Waals surface area contributed by atoms with Crippen molar-refractivity contribution in [3.05, 3.63) is 24.0 Å². The lowest BCUT2D eigenvalue weighted by molar-refractivity contribution is 0.169. The maximum atomic E-state index is 9.74. The molecular formula is C16H26N2O. The highest BCUT2D eigenvalue weighted by atomic mass is 16.3. The second-order valence-corrected chi connectivity index (χ2v) is 5.75. The van der Waals surface area contributed by atoms with E-state index in [1.807, 2.05) is 19.2 Å². The molecule has 3 nitrogen and oxygen atoms in total. The van der Waals surface area contributed by atoms with Crippen LogP contribution in [0.3, 0.4) is 0 Å². The second-order valence-electron chi connectivity index (χ2n) is 5.75. The highest BCUT2D eigenvalue weighted by Crippen LogP contribution is 2.26. The number of pyridine rings is 1. The Morgan fingerprint density at radius 3 is 2.63 bits per heavy atom. The first kappa shape index (κ1) is 14.3. The van der Waals surface area contributed by atoms with Gasteiger partial charge in [-0.1, -0.05) is 26.2 Å². The van der Waals surface area contributed by atoms with Crippen LogP contribution in [-0.2, 0) is 0 Å². The van der Waals surface area contributed by atoms with Gasteiger partial charge >= 0.3 is 0 Å². The monoisotopic (exact) mass is 262 g/mol. The lowest BCUT2D eigenvalue weighted by Gasteiger charge is -2.28. The molecule has 1 aromatic rings. The zero-order valence-corrected chi connectivity index (χ0v) is 12.2. The molecule has 0 bridgehead atoms. The molecule has 106 valence electrons. The summed E-state index contributed by atoms with van der Waals surface area (Å²) in [6.45, 7) is 3.09. The number of aromatic nitrogens is 1. The van der Waals surface area contributed by atoms with Gasteiger partial charge < -0.3 is 10.0 Å². The smallest absolute Gasteiger partial charge is 0.0957 e. The minimum atomic E-state index is -0.433. The summed E-state index contributed by atoms with van der Waals surface area (Å²) in [6, 6.07) is 4.02. The highest BCUT2D eigenvalue weighted by Gasteiger charge is 2.16. The van der Waals surface area contributed by atoms with Crippen molar-refractivity contribution < 1.29 is 5.11 Å². The lowest BCUT2D eigenvalue weighted by atomic mass is 9.89. The fraction of sp³-hybridized carbons (Fsp3) is 0.688. The molecule has 0 radical (unpaired) electrons. The van der Waals surface area contributed by atoms with Gasteiger partial charge in [0.1, 0.15) is 0 Å². The van der Waals surface area contributed by atoms with Crippen LogP contribution in [0.5, 0.6) is 0 Å². The zero-order chi connectivity index (χ0) is 13.7. The Bertz CT molecular complexity index is 371. The molecular weight excluding hydrogens is 236 g/mol. The number of hydrogen-bond acceptors (Lipinski definition) is 3. The predicted octanol–water partition coefficient (Wildman–Crippen LogP) is 3.54. The maximum absolute atomic E-state index is 9.74. The molecule has 19 heavy (non-hydrogen) atoms. The number of hydrogen-bond donors (Lipinski definition) is 1. The molecule has 2 rings (SSSR count). The first-order valence-electron chi connectivity index (χ1n) is 7.56. The van der Waals surface area contributed by atoms with E-state index in [2.05, 4.69) is 23.0 Å². The van der Waals surface area contributed by atoms with Gasteiger partial charge in [0, 0.05) is 13.6 Å². The Labute approximate surface area is 116 Å². The molecule has 0 unspecified atom stereocenters. The van der Waals surface area contributed by atoms with Crippen LogP contribution < -0.4 is 4.90 Å².